The highest BCUT2D eigenvalue weighted by molar-refractivity contribution is 5.04. The highest BCUT2D eigenvalue weighted by Gasteiger charge is 1.91. The van der Waals surface area contributed by atoms with Gasteiger partial charge in [0.2, 0.25) is 0 Å². The number of aliphatic hydroxyl groups excluding tert-OH is 1. The first kappa shape index (κ1) is 14.0. The minimum atomic E-state index is 0.125. The fraction of sp³-hybridized carbons (Fsp3) is 0.538. The van der Waals surface area contributed by atoms with Gasteiger partial charge in [-0.05, 0) is 26.7 Å². The summed E-state index contributed by atoms with van der Waals surface area (Å²) in [6, 6.07) is 0. The summed E-state index contributed by atoms with van der Waals surface area (Å²) in [5.74, 6) is 2.43. The molecule has 1 N–H and O–H groups in total. The van der Waals surface area contributed by atoms with Crippen LogP contribution < -0.4 is 0 Å². The second-order valence-electron chi connectivity index (χ2n) is 3.52. The highest BCUT2D eigenvalue weighted by Crippen LogP contribution is 2.06. The van der Waals surface area contributed by atoms with Crippen molar-refractivity contribution in [3.63, 3.8) is 0 Å². The summed E-state index contributed by atoms with van der Waals surface area (Å²) in [4.78, 5) is 0. The van der Waals surface area contributed by atoms with Crippen molar-refractivity contribution in [2.75, 3.05) is 19.8 Å². The number of aliphatic hydroxyl groups is 1. The normalized spacial score (nSPS) is 12.7. The lowest BCUT2D eigenvalue weighted by Gasteiger charge is -2.01. The molecule has 0 rings (SSSR count). The van der Waals surface area contributed by atoms with Gasteiger partial charge in [-0.25, -0.2) is 0 Å². The van der Waals surface area contributed by atoms with E-state index in [1.807, 2.05) is 19.9 Å². The fourth-order valence-electron chi connectivity index (χ4n) is 1.13. The Morgan fingerprint density at radius 3 is 2.67 bits per heavy atom. The van der Waals surface area contributed by atoms with Crippen LogP contribution in [0.3, 0.4) is 0 Å². The third-order valence-electron chi connectivity index (χ3n) is 1.99. The van der Waals surface area contributed by atoms with E-state index in [4.69, 9.17) is 16.3 Å². The van der Waals surface area contributed by atoms with Crippen LogP contribution in [0.15, 0.2) is 23.3 Å². The van der Waals surface area contributed by atoms with E-state index in [2.05, 4.69) is 12.0 Å². The molecule has 0 fully saturated rings. The van der Waals surface area contributed by atoms with Gasteiger partial charge in [0.1, 0.15) is 6.61 Å². The summed E-state index contributed by atoms with van der Waals surface area (Å²) < 4.78 is 5.19. The zero-order chi connectivity index (χ0) is 11.5. The second kappa shape index (κ2) is 9.51. The molecule has 0 heterocycles. The Bertz CT molecular complexity index is 256. The average Bonchev–Trinajstić information content (AvgIpc) is 2.18. The summed E-state index contributed by atoms with van der Waals surface area (Å²) in [6.07, 6.45) is 11.0. The van der Waals surface area contributed by atoms with Crippen LogP contribution >= 0.6 is 0 Å². The number of hydrogen-bond acceptors (Lipinski definition) is 2. The maximum absolute atomic E-state index is 8.66. The van der Waals surface area contributed by atoms with Gasteiger partial charge in [0.05, 0.1) is 13.2 Å². The van der Waals surface area contributed by atoms with Crippen molar-refractivity contribution in [1.29, 1.82) is 0 Å². The number of ether oxygens (including phenoxy) is 1. The van der Waals surface area contributed by atoms with Gasteiger partial charge in [-0.3, -0.25) is 0 Å². The minimum absolute atomic E-state index is 0.125. The largest absolute Gasteiger partial charge is 0.392 e. The van der Waals surface area contributed by atoms with Gasteiger partial charge < -0.3 is 9.84 Å². The molecule has 0 aromatic carbocycles. The van der Waals surface area contributed by atoms with Crippen molar-refractivity contribution in [1.82, 2.24) is 0 Å². The van der Waals surface area contributed by atoms with Gasteiger partial charge in [-0.2, -0.15) is 0 Å². The topological polar surface area (TPSA) is 29.5 Å². The molecule has 0 saturated heterocycles. The molecule has 0 radical (unpaired) electrons. The van der Waals surface area contributed by atoms with E-state index in [-0.39, 0.29) is 6.61 Å². The van der Waals surface area contributed by atoms with Crippen molar-refractivity contribution >= 4 is 0 Å². The molecule has 2 nitrogen and oxygen atoms in total. The highest BCUT2D eigenvalue weighted by atomic mass is 16.5. The molecule has 0 aromatic heterocycles. The third-order valence-corrected chi connectivity index (χ3v) is 1.99. The van der Waals surface area contributed by atoms with Crippen LogP contribution in [-0.4, -0.2) is 24.9 Å². The van der Waals surface area contributed by atoms with Crippen molar-refractivity contribution in [3.05, 3.63) is 23.3 Å². The third kappa shape index (κ3) is 9.27. The lowest BCUT2D eigenvalue weighted by atomic mass is 10.1. The van der Waals surface area contributed by atoms with Crippen LogP contribution in [0.1, 0.15) is 26.7 Å². The smallest absolute Gasteiger partial charge is 0.107 e. The molecule has 0 aliphatic rings. The summed E-state index contributed by atoms with van der Waals surface area (Å²) >= 11 is 0. The Hall–Kier alpha value is -1.04. The summed E-state index contributed by atoms with van der Waals surface area (Å²) in [6.45, 7) is 5.15. The first-order valence-corrected chi connectivity index (χ1v) is 5.14. The molecule has 0 saturated carbocycles. The molecular weight excluding hydrogens is 188 g/mol. The minimum Gasteiger partial charge on any atom is -0.392 e. The maximum Gasteiger partial charge on any atom is 0.107 e. The Balaban J connectivity index is 3.67. The molecule has 0 aliphatic carbocycles. The summed E-state index contributed by atoms with van der Waals surface area (Å²) in [7, 11) is 0. The lowest BCUT2D eigenvalue weighted by Crippen LogP contribution is -1.95. The predicted molar refractivity (Wildman–Crippen MR) is 63.5 cm³/mol. The standard InChI is InChI=1S/C13H20O2/c1-4-10-15-11-13(3)7-5-6-12(2)8-9-14/h1,7-8,14H,5-6,9-11H2,2-3H3. The van der Waals surface area contributed by atoms with Crippen molar-refractivity contribution < 1.29 is 9.84 Å². The fourth-order valence-corrected chi connectivity index (χ4v) is 1.13. The molecule has 84 valence electrons. The van der Waals surface area contributed by atoms with Gasteiger partial charge in [-0.1, -0.05) is 29.2 Å². The van der Waals surface area contributed by atoms with E-state index < -0.39 is 0 Å². The maximum atomic E-state index is 8.66. The monoisotopic (exact) mass is 208 g/mol. The number of allylic oxidation sites excluding steroid dienone is 2. The van der Waals surface area contributed by atoms with E-state index in [0.717, 1.165) is 12.8 Å². The molecule has 2 heteroatoms. The van der Waals surface area contributed by atoms with Gasteiger partial charge in [0.15, 0.2) is 0 Å². The van der Waals surface area contributed by atoms with E-state index in [1.165, 1.54) is 11.1 Å². The zero-order valence-corrected chi connectivity index (χ0v) is 9.62. The molecule has 0 spiro atoms. The predicted octanol–water partition coefficient (Wildman–Crippen LogP) is 2.30. The Kier molecular flexibility index (Phi) is 8.85. The number of terminal acetylenes is 1. The Labute approximate surface area is 92.6 Å². The molecule has 0 bridgehead atoms. The number of hydrogen-bond donors (Lipinski definition) is 1. The summed E-state index contributed by atoms with van der Waals surface area (Å²) in [5.41, 5.74) is 2.41. The molecule has 0 aliphatic heterocycles. The van der Waals surface area contributed by atoms with Crippen LogP contribution in [0.2, 0.25) is 0 Å². The second-order valence-corrected chi connectivity index (χ2v) is 3.52. The SMILES string of the molecule is C#CCOCC(C)=CCCC(C)=CCO. The zero-order valence-electron chi connectivity index (χ0n) is 9.62. The van der Waals surface area contributed by atoms with Gasteiger partial charge >= 0.3 is 0 Å². The van der Waals surface area contributed by atoms with Crippen LogP contribution in [0.5, 0.6) is 0 Å². The van der Waals surface area contributed by atoms with Crippen LogP contribution in [0.4, 0.5) is 0 Å². The average molecular weight is 208 g/mol. The van der Waals surface area contributed by atoms with Crippen LogP contribution in [-0.2, 0) is 4.74 Å². The Morgan fingerprint density at radius 1 is 1.33 bits per heavy atom. The molecule has 0 amide bonds. The number of rotatable bonds is 7. The van der Waals surface area contributed by atoms with Crippen molar-refractivity contribution in [2.45, 2.75) is 26.7 Å². The van der Waals surface area contributed by atoms with E-state index in [1.54, 1.807) is 0 Å². The van der Waals surface area contributed by atoms with Crippen molar-refractivity contribution in [3.8, 4) is 12.3 Å². The quantitative estimate of drug-likeness (QED) is 0.395. The molecular formula is C13H20O2. The Morgan fingerprint density at radius 2 is 2.07 bits per heavy atom. The molecule has 0 atom stereocenters. The van der Waals surface area contributed by atoms with E-state index in [9.17, 15) is 0 Å². The van der Waals surface area contributed by atoms with Crippen LogP contribution in [0.25, 0.3) is 0 Å². The molecule has 15 heavy (non-hydrogen) atoms. The van der Waals surface area contributed by atoms with Gasteiger partial charge in [0.25, 0.3) is 0 Å². The van der Waals surface area contributed by atoms with Crippen LogP contribution in [0, 0.1) is 12.3 Å². The first-order chi connectivity index (χ1) is 7.20. The molecule has 0 unspecified atom stereocenters. The van der Waals surface area contributed by atoms with Crippen molar-refractivity contribution in [2.24, 2.45) is 0 Å². The van der Waals surface area contributed by atoms with E-state index in [0.29, 0.717) is 13.2 Å². The summed E-state index contributed by atoms with van der Waals surface area (Å²) in [5, 5.41) is 8.66. The van der Waals surface area contributed by atoms with Gasteiger partial charge in [0, 0.05) is 0 Å². The lowest BCUT2D eigenvalue weighted by molar-refractivity contribution is 0.192. The molecule has 0 aromatic rings. The first-order valence-electron chi connectivity index (χ1n) is 5.14. The van der Waals surface area contributed by atoms with E-state index >= 15 is 0 Å². The van der Waals surface area contributed by atoms with Gasteiger partial charge in [-0.15, -0.1) is 6.42 Å².